The van der Waals surface area contributed by atoms with E-state index in [1.54, 1.807) is 7.11 Å². The fraction of sp³-hybridized carbons (Fsp3) is 0.710. The summed E-state index contributed by atoms with van der Waals surface area (Å²) in [4.78, 5) is 15.9. The molecule has 0 unspecified atom stereocenters. The predicted octanol–water partition coefficient (Wildman–Crippen LogP) is 6.15. The van der Waals surface area contributed by atoms with Gasteiger partial charge in [0.1, 0.15) is 6.29 Å². The number of anilines is 1. The van der Waals surface area contributed by atoms with Crippen LogP contribution in [0.1, 0.15) is 65.4 Å². The minimum atomic E-state index is -4.02. The molecule has 0 radical (unpaired) electrons. The lowest BCUT2D eigenvalue weighted by Gasteiger charge is -2.39. The summed E-state index contributed by atoms with van der Waals surface area (Å²) in [6, 6.07) is 8.26. The Morgan fingerprint density at radius 1 is 1.05 bits per heavy atom. The number of rotatable bonds is 9. The Hall–Kier alpha value is -2.10. The Kier molecular flexibility index (Phi) is 19.6. The minimum Gasteiger partial charge on any atom is -0.402 e. The molecule has 2 saturated heterocycles. The van der Waals surface area contributed by atoms with Crippen LogP contribution in [-0.2, 0) is 16.0 Å². The highest BCUT2D eigenvalue weighted by molar-refractivity contribution is 5.48. The molecule has 0 bridgehead atoms. The predicted molar refractivity (Wildman–Crippen MR) is 162 cm³/mol. The monoisotopic (exact) mass is 572 g/mol. The van der Waals surface area contributed by atoms with E-state index in [1.165, 1.54) is 12.6 Å². The molecule has 9 heteroatoms. The first-order valence-electron chi connectivity index (χ1n) is 14.6. The van der Waals surface area contributed by atoms with Crippen LogP contribution in [0.3, 0.4) is 0 Å². The number of halogens is 3. The molecule has 2 fully saturated rings. The van der Waals surface area contributed by atoms with E-state index in [4.69, 9.17) is 15.3 Å². The summed E-state index contributed by atoms with van der Waals surface area (Å²) in [5, 5.41) is 0. The number of alkyl halides is 3. The second-order valence-corrected chi connectivity index (χ2v) is 10.4. The Labute approximate surface area is 241 Å². The number of nitrogens with zero attached hydrogens (tertiary/aromatic N) is 3. The van der Waals surface area contributed by atoms with Crippen LogP contribution in [-0.4, -0.2) is 88.8 Å². The van der Waals surface area contributed by atoms with Crippen molar-refractivity contribution in [1.29, 1.82) is 0 Å². The number of nitrogens with two attached hydrogens (primary N) is 1. The number of piperazine rings is 1. The molecule has 40 heavy (non-hydrogen) atoms. The van der Waals surface area contributed by atoms with E-state index < -0.39 is 12.6 Å². The van der Waals surface area contributed by atoms with E-state index in [0.717, 1.165) is 89.2 Å². The molecule has 2 aliphatic rings. The Morgan fingerprint density at radius 2 is 1.57 bits per heavy atom. The van der Waals surface area contributed by atoms with Crippen LogP contribution in [0.15, 0.2) is 36.5 Å². The van der Waals surface area contributed by atoms with Gasteiger partial charge < -0.3 is 30.0 Å². The topological polar surface area (TPSA) is 62.0 Å². The molecule has 2 aliphatic heterocycles. The zero-order valence-corrected chi connectivity index (χ0v) is 25.9. The first-order valence-corrected chi connectivity index (χ1v) is 14.6. The number of likely N-dealkylation sites (tertiary alicyclic amines) is 1. The number of carbonyl (C=O) groups excluding carboxylic acids is 1. The zero-order valence-electron chi connectivity index (χ0n) is 25.9. The molecule has 3 rings (SSSR count). The molecule has 0 aromatic heterocycles. The van der Waals surface area contributed by atoms with Gasteiger partial charge in [-0.3, -0.25) is 0 Å². The van der Waals surface area contributed by atoms with Gasteiger partial charge in [-0.25, -0.2) is 0 Å². The van der Waals surface area contributed by atoms with Gasteiger partial charge in [0.25, 0.3) is 0 Å². The van der Waals surface area contributed by atoms with Crippen molar-refractivity contribution < 1.29 is 22.7 Å². The molecule has 1 aromatic rings. The lowest BCUT2D eigenvalue weighted by Crippen LogP contribution is -2.44. The van der Waals surface area contributed by atoms with E-state index in [-0.39, 0.29) is 11.8 Å². The summed E-state index contributed by atoms with van der Waals surface area (Å²) in [7, 11) is 3.87. The molecule has 0 aliphatic carbocycles. The van der Waals surface area contributed by atoms with Crippen molar-refractivity contribution in [2.75, 3.05) is 71.5 Å². The maximum atomic E-state index is 12.1. The molecule has 0 amide bonds. The Morgan fingerprint density at radius 3 is 2.02 bits per heavy atom. The molecular formula is C31H55F3N4O2. The number of likely N-dealkylation sites (N-methyl/N-ethyl adjacent to an activating group) is 1. The van der Waals surface area contributed by atoms with Gasteiger partial charge in [-0.15, -0.1) is 0 Å². The number of benzene rings is 1. The van der Waals surface area contributed by atoms with Gasteiger partial charge in [-0.2, -0.15) is 13.2 Å². The number of aldehydes is 1. The smallest absolute Gasteiger partial charge is 0.389 e. The second-order valence-electron chi connectivity index (χ2n) is 10.4. The van der Waals surface area contributed by atoms with Crippen LogP contribution >= 0.6 is 0 Å². The number of hydrogen-bond acceptors (Lipinski definition) is 6. The largest absolute Gasteiger partial charge is 0.402 e. The molecule has 0 saturated carbocycles. The van der Waals surface area contributed by atoms with Crippen LogP contribution in [0.4, 0.5) is 18.9 Å². The third kappa shape index (κ3) is 16.2. The molecular weight excluding hydrogens is 517 g/mol. The summed E-state index contributed by atoms with van der Waals surface area (Å²) < 4.78 is 41.2. The van der Waals surface area contributed by atoms with E-state index in [1.807, 2.05) is 26.0 Å². The molecule has 232 valence electrons. The van der Waals surface area contributed by atoms with Gasteiger partial charge in [0.15, 0.2) is 0 Å². The van der Waals surface area contributed by atoms with Crippen molar-refractivity contribution in [3.8, 4) is 0 Å². The van der Waals surface area contributed by atoms with E-state index in [0.29, 0.717) is 6.42 Å². The normalized spacial score (nSPS) is 17.3. The fourth-order valence-corrected chi connectivity index (χ4v) is 4.40. The van der Waals surface area contributed by atoms with E-state index in [2.05, 4.69) is 47.4 Å². The minimum absolute atomic E-state index is 0.156. The number of piperidine rings is 1. The van der Waals surface area contributed by atoms with Crippen molar-refractivity contribution in [3.05, 3.63) is 42.1 Å². The van der Waals surface area contributed by atoms with Gasteiger partial charge >= 0.3 is 6.18 Å². The van der Waals surface area contributed by atoms with Gasteiger partial charge in [0.05, 0.1) is 6.61 Å². The highest BCUT2D eigenvalue weighted by Gasteiger charge is 2.31. The summed E-state index contributed by atoms with van der Waals surface area (Å²) in [5.41, 5.74) is 9.13. The number of carbonyl (C=O) groups is 1. The van der Waals surface area contributed by atoms with Crippen LogP contribution in [0.5, 0.6) is 0 Å². The highest BCUT2D eigenvalue weighted by atomic mass is 19.4. The summed E-state index contributed by atoms with van der Waals surface area (Å²) in [6.45, 7) is 19.8. The lowest BCUT2D eigenvalue weighted by molar-refractivity contribution is -0.135. The summed E-state index contributed by atoms with van der Waals surface area (Å²) in [5.74, 6) is 0. The Bertz CT molecular complexity index is 787. The third-order valence-corrected chi connectivity index (χ3v) is 7.33. The van der Waals surface area contributed by atoms with Crippen molar-refractivity contribution in [2.24, 2.45) is 11.1 Å². The van der Waals surface area contributed by atoms with E-state index >= 15 is 0 Å². The molecule has 1 aromatic carbocycles. The van der Waals surface area contributed by atoms with Crippen molar-refractivity contribution in [3.63, 3.8) is 0 Å². The van der Waals surface area contributed by atoms with Crippen LogP contribution in [0.25, 0.3) is 0 Å². The fourth-order valence-electron chi connectivity index (χ4n) is 4.40. The van der Waals surface area contributed by atoms with Gasteiger partial charge in [0.2, 0.25) is 0 Å². The van der Waals surface area contributed by atoms with Crippen molar-refractivity contribution in [1.82, 2.24) is 9.80 Å². The molecule has 6 nitrogen and oxygen atoms in total. The summed E-state index contributed by atoms with van der Waals surface area (Å²) >= 11 is 0. The maximum absolute atomic E-state index is 12.1. The highest BCUT2D eigenvalue weighted by Crippen LogP contribution is 2.34. The Balaban J connectivity index is 0.000000693. The number of unbranched alkanes of at least 4 members (excludes halogenated alkanes) is 1. The second kappa shape index (κ2) is 20.7. The number of hydrogen-bond donors (Lipinski definition) is 1. The third-order valence-electron chi connectivity index (χ3n) is 7.33. The first-order chi connectivity index (χ1) is 18.9. The van der Waals surface area contributed by atoms with Crippen LogP contribution in [0.2, 0.25) is 0 Å². The molecule has 0 atom stereocenters. The standard InChI is InChI=1S/C16H23F3N2.C11H22N2O.C2H4O.C2H6/c1-20-10-12-21(13-11-20)15-7-5-14(6-8-15)4-2-3-9-16(17,18)19;1-10(12)11(2)4-6-13(7-5-11)8-9-14-3;1-2-3;1-2/h5-8H,2-4,9-13H2,1H3;1,4-9,12H2,2-3H3;2H,1H3;1-2H3. The van der Waals surface area contributed by atoms with Crippen molar-refractivity contribution >= 4 is 12.0 Å². The van der Waals surface area contributed by atoms with Gasteiger partial charge in [-0.1, -0.05) is 39.5 Å². The molecule has 0 spiro atoms. The lowest BCUT2D eigenvalue weighted by atomic mass is 9.78. The molecule has 2 N–H and O–H groups in total. The average Bonchev–Trinajstić information content (AvgIpc) is 2.93. The van der Waals surface area contributed by atoms with Crippen LogP contribution in [0, 0.1) is 5.41 Å². The number of aryl methyl sites for hydroxylation is 1. The molecule has 2 heterocycles. The quantitative estimate of drug-likeness (QED) is 0.283. The maximum Gasteiger partial charge on any atom is 0.389 e. The first kappa shape index (κ1) is 37.9. The number of ether oxygens (including phenoxy) is 1. The van der Waals surface area contributed by atoms with Gasteiger partial charge in [-0.05, 0) is 76.9 Å². The average molecular weight is 573 g/mol. The zero-order chi connectivity index (χ0) is 30.6. The van der Waals surface area contributed by atoms with E-state index in [9.17, 15) is 13.2 Å². The number of allylic oxidation sites excluding steroid dienone is 1. The van der Waals surface area contributed by atoms with Crippen molar-refractivity contribution in [2.45, 2.75) is 72.4 Å². The summed E-state index contributed by atoms with van der Waals surface area (Å²) in [6.07, 6.45) is -0.189. The van der Waals surface area contributed by atoms with Crippen LogP contribution < -0.4 is 10.6 Å². The SMILES string of the molecule is C=C(N)C1(C)CCN(CCOC)CC1.CC.CC=O.CN1CCN(c2ccc(CCCCC(F)(F)F)cc2)CC1. The van der Waals surface area contributed by atoms with Gasteiger partial charge in [0, 0.05) is 63.1 Å². The number of methoxy groups -OCH3 is 1.